The van der Waals surface area contributed by atoms with Crippen LogP contribution in [0.25, 0.3) is 0 Å². The lowest BCUT2D eigenvalue weighted by atomic mass is 10.2. The van der Waals surface area contributed by atoms with Crippen molar-refractivity contribution in [1.82, 2.24) is 10.2 Å². The minimum atomic E-state index is -4.98. The van der Waals surface area contributed by atoms with Crippen molar-refractivity contribution in [2.75, 3.05) is 37.6 Å². The van der Waals surface area contributed by atoms with Crippen LogP contribution in [-0.4, -0.2) is 55.6 Å². The van der Waals surface area contributed by atoms with Crippen molar-refractivity contribution in [2.24, 2.45) is 0 Å². The third-order valence-electron chi connectivity index (χ3n) is 3.46. The van der Waals surface area contributed by atoms with Crippen LogP contribution in [0.4, 0.5) is 18.9 Å². The van der Waals surface area contributed by atoms with Crippen LogP contribution in [-0.2, 0) is 9.59 Å². The first kappa shape index (κ1) is 17.4. The molecule has 1 N–H and O–H groups in total. The Hall–Kier alpha value is -1.96. The van der Waals surface area contributed by atoms with Crippen LogP contribution in [0.15, 0.2) is 24.3 Å². The fourth-order valence-electron chi connectivity index (χ4n) is 2.25. The third kappa shape index (κ3) is 4.75. The van der Waals surface area contributed by atoms with Gasteiger partial charge in [0.2, 0.25) is 5.91 Å². The molecular formula is C14H15ClF3N3O2. The second kappa shape index (κ2) is 7.08. The van der Waals surface area contributed by atoms with Crippen molar-refractivity contribution >= 4 is 29.1 Å². The summed E-state index contributed by atoms with van der Waals surface area (Å²) >= 11 is 5.93. The minimum Gasteiger partial charge on any atom is -0.368 e. The summed E-state index contributed by atoms with van der Waals surface area (Å²) in [5.41, 5.74) is 0.926. The molecular weight excluding hydrogens is 335 g/mol. The summed E-state index contributed by atoms with van der Waals surface area (Å²) in [6.07, 6.45) is -4.98. The van der Waals surface area contributed by atoms with E-state index in [0.717, 1.165) is 5.69 Å². The predicted octanol–water partition coefficient (Wildman–Crippen LogP) is 1.67. The minimum absolute atomic E-state index is 0.368. The summed E-state index contributed by atoms with van der Waals surface area (Å²) in [6, 6.07) is 7.28. The van der Waals surface area contributed by atoms with Crippen LogP contribution in [0.1, 0.15) is 0 Å². The fraction of sp³-hybridized carbons (Fsp3) is 0.429. The lowest BCUT2D eigenvalue weighted by molar-refractivity contribution is -0.174. The van der Waals surface area contributed by atoms with Crippen LogP contribution in [0.3, 0.4) is 0 Å². The second-order valence-electron chi connectivity index (χ2n) is 5.03. The van der Waals surface area contributed by atoms with E-state index in [4.69, 9.17) is 11.6 Å². The van der Waals surface area contributed by atoms with Gasteiger partial charge in [0.05, 0.1) is 6.54 Å². The number of hydrogen-bond acceptors (Lipinski definition) is 3. The quantitative estimate of drug-likeness (QED) is 0.903. The van der Waals surface area contributed by atoms with Crippen LogP contribution in [0.2, 0.25) is 5.02 Å². The van der Waals surface area contributed by atoms with Gasteiger partial charge in [-0.15, -0.1) is 0 Å². The molecule has 1 fully saturated rings. The van der Waals surface area contributed by atoms with Gasteiger partial charge in [-0.05, 0) is 18.2 Å². The summed E-state index contributed by atoms with van der Waals surface area (Å²) in [5.74, 6) is -2.64. The van der Waals surface area contributed by atoms with Crippen molar-refractivity contribution in [2.45, 2.75) is 6.18 Å². The van der Waals surface area contributed by atoms with Gasteiger partial charge in [-0.2, -0.15) is 13.2 Å². The molecule has 1 aliphatic heterocycles. The fourth-order valence-corrected chi connectivity index (χ4v) is 2.44. The number of benzene rings is 1. The molecule has 0 radical (unpaired) electrons. The van der Waals surface area contributed by atoms with E-state index in [9.17, 15) is 22.8 Å². The molecule has 0 spiro atoms. The largest absolute Gasteiger partial charge is 0.471 e. The molecule has 1 aliphatic rings. The van der Waals surface area contributed by atoms with Gasteiger partial charge in [0.15, 0.2) is 0 Å². The molecule has 0 unspecified atom stereocenters. The summed E-state index contributed by atoms with van der Waals surface area (Å²) in [6.45, 7) is 1.16. The first-order chi connectivity index (χ1) is 10.8. The van der Waals surface area contributed by atoms with Crippen LogP contribution in [0.5, 0.6) is 0 Å². The first-order valence-electron chi connectivity index (χ1n) is 6.90. The maximum atomic E-state index is 12.1. The number of anilines is 1. The molecule has 0 saturated carbocycles. The molecule has 2 rings (SSSR count). The molecule has 126 valence electrons. The molecule has 0 bridgehead atoms. The summed E-state index contributed by atoms with van der Waals surface area (Å²) in [4.78, 5) is 26.0. The van der Waals surface area contributed by atoms with E-state index in [1.807, 2.05) is 23.1 Å². The maximum absolute atomic E-state index is 12.1. The lowest BCUT2D eigenvalue weighted by Crippen LogP contribution is -2.52. The van der Waals surface area contributed by atoms with Gasteiger partial charge in [0.25, 0.3) is 0 Å². The Morgan fingerprint density at radius 3 is 2.39 bits per heavy atom. The van der Waals surface area contributed by atoms with Gasteiger partial charge in [-0.25, -0.2) is 0 Å². The van der Waals surface area contributed by atoms with Gasteiger partial charge >= 0.3 is 12.1 Å². The zero-order valence-corrected chi connectivity index (χ0v) is 12.8. The highest BCUT2D eigenvalue weighted by atomic mass is 35.5. The number of carbonyl (C=O) groups excluding carboxylic acids is 2. The van der Waals surface area contributed by atoms with Crippen molar-refractivity contribution in [3.8, 4) is 0 Å². The van der Waals surface area contributed by atoms with Gasteiger partial charge in [-0.1, -0.05) is 17.7 Å². The number of alkyl halides is 3. The number of carbonyl (C=O) groups is 2. The Morgan fingerprint density at radius 1 is 1.17 bits per heavy atom. The van der Waals surface area contributed by atoms with Gasteiger partial charge in [0.1, 0.15) is 0 Å². The predicted molar refractivity (Wildman–Crippen MR) is 79.3 cm³/mol. The molecule has 1 aromatic carbocycles. The molecule has 0 aliphatic carbocycles. The third-order valence-corrected chi connectivity index (χ3v) is 3.70. The number of amides is 2. The van der Waals surface area contributed by atoms with Gasteiger partial charge < -0.3 is 15.1 Å². The lowest BCUT2D eigenvalue weighted by Gasteiger charge is -2.36. The highest BCUT2D eigenvalue weighted by Crippen LogP contribution is 2.20. The molecule has 23 heavy (non-hydrogen) atoms. The van der Waals surface area contributed by atoms with E-state index in [2.05, 4.69) is 0 Å². The Bertz CT molecular complexity index is 587. The van der Waals surface area contributed by atoms with Crippen molar-refractivity contribution in [3.63, 3.8) is 0 Å². The van der Waals surface area contributed by atoms with E-state index in [0.29, 0.717) is 31.2 Å². The highest BCUT2D eigenvalue weighted by molar-refractivity contribution is 6.30. The molecule has 1 aromatic rings. The van der Waals surface area contributed by atoms with Crippen LogP contribution >= 0.6 is 11.6 Å². The zero-order valence-electron chi connectivity index (χ0n) is 12.1. The molecule has 5 nitrogen and oxygen atoms in total. The smallest absolute Gasteiger partial charge is 0.368 e. The summed E-state index contributed by atoms with van der Waals surface area (Å²) < 4.78 is 36.2. The molecule has 1 heterocycles. The Labute approximate surface area is 136 Å². The van der Waals surface area contributed by atoms with E-state index in [1.54, 1.807) is 11.4 Å². The van der Waals surface area contributed by atoms with E-state index in [-0.39, 0.29) is 0 Å². The summed E-state index contributed by atoms with van der Waals surface area (Å²) in [5, 5.41) is 2.19. The summed E-state index contributed by atoms with van der Waals surface area (Å²) in [7, 11) is 0. The molecule has 2 amide bonds. The topological polar surface area (TPSA) is 52.7 Å². The van der Waals surface area contributed by atoms with E-state index in [1.165, 1.54) is 4.90 Å². The van der Waals surface area contributed by atoms with E-state index >= 15 is 0 Å². The number of rotatable bonds is 3. The second-order valence-corrected chi connectivity index (χ2v) is 5.46. The standard InChI is InChI=1S/C14H15ClF3N3O2/c15-10-2-1-3-11(8-10)20-4-6-21(7-5-20)12(22)9-19-13(23)14(16,17)18/h1-3,8H,4-7,9H2,(H,19,23). The molecule has 9 heteroatoms. The monoisotopic (exact) mass is 349 g/mol. The molecule has 0 atom stereocenters. The average molecular weight is 350 g/mol. The van der Waals surface area contributed by atoms with Crippen LogP contribution < -0.4 is 10.2 Å². The molecule has 0 aromatic heterocycles. The van der Waals surface area contributed by atoms with Crippen molar-refractivity contribution in [1.29, 1.82) is 0 Å². The molecule has 1 saturated heterocycles. The van der Waals surface area contributed by atoms with Gasteiger partial charge in [0, 0.05) is 36.9 Å². The highest BCUT2D eigenvalue weighted by Gasteiger charge is 2.38. The number of halogens is 4. The Kier molecular flexibility index (Phi) is 5.35. The number of hydrogen-bond donors (Lipinski definition) is 1. The van der Waals surface area contributed by atoms with Gasteiger partial charge in [-0.3, -0.25) is 9.59 Å². The number of nitrogens with zero attached hydrogens (tertiary/aromatic N) is 2. The first-order valence-corrected chi connectivity index (χ1v) is 7.28. The number of nitrogens with one attached hydrogen (secondary N) is 1. The number of piperazine rings is 1. The maximum Gasteiger partial charge on any atom is 0.471 e. The zero-order chi connectivity index (χ0) is 17.0. The average Bonchev–Trinajstić information content (AvgIpc) is 2.51. The van der Waals surface area contributed by atoms with Crippen molar-refractivity contribution < 1.29 is 22.8 Å². The Morgan fingerprint density at radius 2 is 1.83 bits per heavy atom. The Balaban J connectivity index is 1.82. The SMILES string of the molecule is O=C(CNC(=O)C(F)(F)F)N1CCN(c2cccc(Cl)c2)CC1. The van der Waals surface area contributed by atoms with E-state index < -0.39 is 24.5 Å². The normalized spacial score (nSPS) is 15.5. The van der Waals surface area contributed by atoms with Crippen molar-refractivity contribution in [3.05, 3.63) is 29.3 Å². The van der Waals surface area contributed by atoms with Crippen LogP contribution in [0, 0.1) is 0 Å².